The molecule has 0 atom stereocenters. The van der Waals surface area contributed by atoms with Gasteiger partial charge < -0.3 is 5.32 Å². The Balaban J connectivity index is 1.89. The second-order valence-corrected chi connectivity index (χ2v) is 5.53. The zero-order valence-electron chi connectivity index (χ0n) is 11.4. The standard InChI is InChI=1S/C14H25N3/c1-4-13(5-2)17-10-7-12(16-17)11-15-14(3)8-6-9-14/h7,10,13,15H,4-6,8-9,11H2,1-3H3. The summed E-state index contributed by atoms with van der Waals surface area (Å²) in [5.41, 5.74) is 1.55. The molecular weight excluding hydrogens is 210 g/mol. The van der Waals surface area contributed by atoms with Crippen LogP contribution in [0.25, 0.3) is 0 Å². The summed E-state index contributed by atoms with van der Waals surface area (Å²) in [6.45, 7) is 7.67. The molecule has 2 rings (SSSR count). The van der Waals surface area contributed by atoms with Crippen molar-refractivity contribution in [3.05, 3.63) is 18.0 Å². The number of nitrogens with zero attached hydrogens (tertiary/aromatic N) is 2. The first-order valence-corrected chi connectivity index (χ1v) is 6.96. The van der Waals surface area contributed by atoms with Gasteiger partial charge in [-0.1, -0.05) is 13.8 Å². The summed E-state index contributed by atoms with van der Waals surface area (Å²) in [7, 11) is 0. The van der Waals surface area contributed by atoms with Crippen molar-refractivity contribution in [2.45, 2.75) is 71.0 Å². The lowest BCUT2D eigenvalue weighted by molar-refractivity contribution is 0.205. The van der Waals surface area contributed by atoms with Gasteiger partial charge in [-0.25, -0.2) is 0 Å². The minimum atomic E-state index is 0.374. The quantitative estimate of drug-likeness (QED) is 0.820. The van der Waals surface area contributed by atoms with E-state index in [4.69, 9.17) is 0 Å². The van der Waals surface area contributed by atoms with Crippen LogP contribution in [0.4, 0.5) is 0 Å². The van der Waals surface area contributed by atoms with Gasteiger partial charge in [0, 0.05) is 18.3 Å². The summed E-state index contributed by atoms with van der Waals surface area (Å²) < 4.78 is 2.13. The molecule has 0 aromatic carbocycles. The molecule has 0 bridgehead atoms. The van der Waals surface area contributed by atoms with E-state index in [0.29, 0.717) is 11.6 Å². The maximum absolute atomic E-state index is 4.67. The highest BCUT2D eigenvalue weighted by atomic mass is 15.3. The molecule has 0 amide bonds. The van der Waals surface area contributed by atoms with Crippen molar-refractivity contribution in [1.29, 1.82) is 0 Å². The molecule has 17 heavy (non-hydrogen) atoms. The number of nitrogens with one attached hydrogen (secondary N) is 1. The molecule has 0 aliphatic heterocycles. The minimum Gasteiger partial charge on any atom is -0.306 e. The average Bonchev–Trinajstić information content (AvgIpc) is 2.74. The number of hydrogen-bond acceptors (Lipinski definition) is 2. The third-order valence-corrected chi connectivity index (χ3v) is 4.13. The summed E-state index contributed by atoms with van der Waals surface area (Å²) in [5, 5.41) is 8.29. The highest BCUT2D eigenvalue weighted by Crippen LogP contribution is 2.31. The van der Waals surface area contributed by atoms with Crippen LogP contribution in [0, 0.1) is 0 Å². The molecule has 3 nitrogen and oxygen atoms in total. The molecule has 0 spiro atoms. The molecular formula is C14H25N3. The SMILES string of the molecule is CCC(CC)n1ccc(CNC2(C)CCC2)n1. The number of hydrogen-bond donors (Lipinski definition) is 1. The van der Waals surface area contributed by atoms with Gasteiger partial charge in [0.15, 0.2) is 0 Å². The summed E-state index contributed by atoms with van der Waals surface area (Å²) in [4.78, 5) is 0. The molecule has 1 saturated carbocycles. The average molecular weight is 235 g/mol. The lowest BCUT2D eigenvalue weighted by Crippen LogP contribution is -2.47. The van der Waals surface area contributed by atoms with Gasteiger partial charge in [-0.15, -0.1) is 0 Å². The predicted octanol–water partition coefficient (Wildman–Crippen LogP) is 3.28. The zero-order chi connectivity index (χ0) is 12.3. The first-order chi connectivity index (χ1) is 8.17. The minimum absolute atomic E-state index is 0.374. The number of aromatic nitrogens is 2. The number of rotatable bonds is 6. The van der Waals surface area contributed by atoms with Crippen molar-refractivity contribution in [3.63, 3.8) is 0 Å². The van der Waals surface area contributed by atoms with Crippen LogP contribution in [-0.2, 0) is 6.54 Å². The third kappa shape index (κ3) is 2.89. The maximum atomic E-state index is 4.67. The first kappa shape index (κ1) is 12.6. The van der Waals surface area contributed by atoms with E-state index in [1.165, 1.54) is 25.0 Å². The Morgan fingerprint density at radius 3 is 2.65 bits per heavy atom. The molecule has 0 saturated heterocycles. The van der Waals surface area contributed by atoms with Crippen molar-refractivity contribution in [1.82, 2.24) is 15.1 Å². The Hall–Kier alpha value is -0.830. The zero-order valence-corrected chi connectivity index (χ0v) is 11.4. The fourth-order valence-corrected chi connectivity index (χ4v) is 2.53. The Bertz CT molecular complexity index is 348. The molecule has 0 radical (unpaired) electrons. The smallest absolute Gasteiger partial charge is 0.0762 e. The highest BCUT2D eigenvalue weighted by Gasteiger charge is 2.30. The van der Waals surface area contributed by atoms with Gasteiger partial charge >= 0.3 is 0 Å². The highest BCUT2D eigenvalue weighted by molar-refractivity contribution is 5.02. The fraction of sp³-hybridized carbons (Fsp3) is 0.786. The maximum Gasteiger partial charge on any atom is 0.0762 e. The first-order valence-electron chi connectivity index (χ1n) is 6.96. The second kappa shape index (κ2) is 5.21. The van der Waals surface area contributed by atoms with E-state index in [2.05, 4.69) is 48.1 Å². The van der Waals surface area contributed by atoms with E-state index in [9.17, 15) is 0 Å². The third-order valence-electron chi connectivity index (χ3n) is 4.13. The fourth-order valence-electron chi connectivity index (χ4n) is 2.53. The van der Waals surface area contributed by atoms with Crippen molar-refractivity contribution >= 4 is 0 Å². The summed E-state index contributed by atoms with van der Waals surface area (Å²) in [5.74, 6) is 0. The van der Waals surface area contributed by atoms with Crippen LogP contribution in [0.3, 0.4) is 0 Å². The molecule has 1 aromatic heterocycles. The molecule has 96 valence electrons. The monoisotopic (exact) mass is 235 g/mol. The van der Waals surface area contributed by atoms with Crippen LogP contribution >= 0.6 is 0 Å². The van der Waals surface area contributed by atoms with E-state index >= 15 is 0 Å². The Morgan fingerprint density at radius 1 is 1.41 bits per heavy atom. The van der Waals surface area contributed by atoms with Gasteiger partial charge in [-0.2, -0.15) is 5.10 Å². The largest absolute Gasteiger partial charge is 0.306 e. The van der Waals surface area contributed by atoms with Crippen LogP contribution in [0.5, 0.6) is 0 Å². The lowest BCUT2D eigenvalue weighted by Gasteiger charge is -2.39. The van der Waals surface area contributed by atoms with Crippen LogP contribution in [0.15, 0.2) is 12.3 Å². The van der Waals surface area contributed by atoms with Crippen LogP contribution in [0.2, 0.25) is 0 Å². The van der Waals surface area contributed by atoms with Crippen LogP contribution in [-0.4, -0.2) is 15.3 Å². The molecule has 1 fully saturated rings. The Kier molecular flexibility index (Phi) is 3.87. The molecule has 0 unspecified atom stereocenters. The van der Waals surface area contributed by atoms with Crippen molar-refractivity contribution < 1.29 is 0 Å². The molecule has 1 heterocycles. The Labute approximate surface area is 105 Å². The van der Waals surface area contributed by atoms with Crippen LogP contribution in [0.1, 0.15) is 64.6 Å². The van der Waals surface area contributed by atoms with E-state index in [1.807, 2.05) is 0 Å². The molecule has 1 aliphatic rings. The van der Waals surface area contributed by atoms with Crippen molar-refractivity contribution in [3.8, 4) is 0 Å². The van der Waals surface area contributed by atoms with Crippen molar-refractivity contribution in [2.75, 3.05) is 0 Å². The molecule has 1 aliphatic carbocycles. The van der Waals surface area contributed by atoms with Gasteiger partial charge in [-0.05, 0) is 45.1 Å². The van der Waals surface area contributed by atoms with Gasteiger partial charge in [0.1, 0.15) is 0 Å². The van der Waals surface area contributed by atoms with E-state index in [0.717, 1.165) is 19.4 Å². The van der Waals surface area contributed by atoms with Crippen molar-refractivity contribution in [2.24, 2.45) is 0 Å². The molecule has 1 aromatic rings. The summed E-state index contributed by atoms with van der Waals surface area (Å²) >= 11 is 0. The molecule has 1 N–H and O–H groups in total. The summed E-state index contributed by atoms with van der Waals surface area (Å²) in [6, 6.07) is 2.70. The van der Waals surface area contributed by atoms with Gasteiger partial charge in [-0.3, -0.25) is 4.68 Å². The topological polar surface area (TPSA) is 29.9 Å². The van der Waals surface area contributed by atoms with Gasteiger partial charge in [0.05, 0.1) is 11.7 Å². The predicted molar refractivity (Wildman–Crippen MR) is 70.9 cm³/mol. The molecule has 3 heteroatoms. The lowest BCUT2D eigenvalue weighted by atomic mass is 9.78. The second-order valence-electron chi connectivity index (χ2n) is 5.53. The summed E-state index contributed by atoms with van der Waals surface area (Å²) in [6.07, 6.45) is 8.41. The normalized spacial score (nSPS) is 18.4. The van der Waals surface area contributed by atoms with Gasteiger partial charge in [0.2, 0.25) is 0 Å². The van der Waals surface area contributed by atoms with E-state index in [1.54, 1.807) is 0 Å². The van der Waals surface area contributed by atoms with E-state index < -0.39 is 0 Å². The van der Waals surface area contributed by atoms with Crippen LogP contribution < -0.4 is 5.32 Å². The van der Waals surface area contributed by atoms with E-state index in [-0.39, 0.29) is 0 Å². The van der Waals surface area contributed by atoms with Gasteiger partial charge in [0.25, 0.3) is 0 Å². The Morgan fingerprint density at radius 2 is 2.12 bits per heavy atom.